The summed E-state index contributed by atoms with van der Waals surface area (Å²) in [6, 6.07) is 3.30. The summed E-state index contributed by atoms with van der Waals surface area (Å²) in [5.74, 6) is -2.45. The molecule has 0 saturated carbocycles. The van der Waals surface area contributed by atoms with Gasteiger partial charge >= 0.3 is 6.01 Å². The topological polar surface area (TPSA) is 116 Å². The van der Waals surface area contributed by atoms with Crippen LogP contribution in [0.2, 0.25) is 0 Å². The van der Waals surface area contributed by atoms with Gasteiger partial charge in [-0.15, -0.1) is 5.10 Å². The Hall–Kier alpha value is -3.15. The van der Waals surface area contributed by atoms with Crippen LogP contribution in [0.4, 0.5) is 14.5 Å². The Morgan fingerprint density at radius 3 is 2.65 bits per heavy atom. The van der Waals surface area contributed by atoms with E-state index >= 15 is 0 Å². The molecule has 1 N–H and O–H groups in total. The largest absolute Gasteiger partial charge is 0.467 e. The van der Waals surface area contributed by atoms with Gasteiger partial charge in [0.2, 0.25) is 0 Å². The predicted octanol–water partition coefficient (Wildman–Crippen LogP) is 1.41. The van der Waals surface area contributed by atoms with E-state index in [1.54, 1.807) is 0 Å². The average molecular weight is 383 g/mol. The number of carbonyl (C=O) groups is 1. The molecule has 2 aromatic heterocycles. The van der Waals surface area contributed by atoms with E-state index in [2.05, 4.69) is 15.1 Å². The minimum atomic E-state index is -4.53. The van der Waals surface area contributed by atoms with Crippen LogP contribution in [0.1, 0.15) is 17.3 Å². The Kier molecular flexibility index (Phi) is 4.28. The minimum absolute atomic E-state index is 0.178. The molecule has 0 aliphatic rings. The van der Waals surface area contributed by atoms with Gasteiger partial charge in [-0.1, -0.05) is 6.07 Å². The molecule has 26 heavy (non-hydrogen) atoms. The number of methoxy groups -OCH3 is 1. The fourth-order valence-electron chi connectivity index (χ4n) is 2.16. The first-order valence-electron chi connectivity index (χ1n) is 7.02. The Balaban J connectivity index is 2.12. The third kappa shape index (κ3) is 2.94. The van der Waals surface area contributed by atoms with Crippen LogP contribution in [0, 0.1) is 11.6 Å². The highest BCUT2D eigenvalue weighted by atomic mass is 32.2. The number of carbonyl (C=O) groups excluding carboxylic acids is 1. The van der Waals surface area contributed by atoms with Crippen LogP contribution in [0.25, 0.3) is 5.65 Å². The van der Waals surface area contributed by atoms with Crippen LogP contribution in [0.5, 0.6) is 6.01 Å². The summed E-state index contributed by atoms with van der Waals surface area (Å²) in [6.45, 7) is 1.15. The van der Waals surface area contributed by atoms with Gasteiger partial charge in [0, 0.05) is 5.56 Å². The highest BCUT2D eigenvalue weighted by Gasteiger charge is 2.26. The number of Topliss-reactive ketones (excluding diaryl/α,β-unsaturated/α-hetero) is 1. The number of para-hydroxylation sites is 1. The molecule has 0 fully saturated rings. The molecule has 0 radical (unpaired) electrons. The number of rotatable bonds is 5. The van der Waals surface area contributed by atoms with Crippen molar-refractivity contribution < 1.29 is 26.7 Å². The summed E-state index contributed by atoms with van der Waals surface area (Å²) >= 11 is 0. The monoisotopic (exact) mass is 383 g/mol. The maximum absolute atomic E-state index is 14.0. The van der Waals surface area contributed by atoms with E-state index in [4.69, 9.17) is 4.74 Å². The summed E-state index contributed by atoms with van der Waals surface area (Å²) in [7, 11) is -3.30. The summed E-state index contributed by atoms with van der Waals surface area (Å²) in [5, 5.41) is 2.79. The third-order valence-corrected chi connectivity index (χ3v) is 4.45. The van der Waals surface area contributed by atoms with Crippen LogP contribution in [-0.2, 0) is 10.0 Å². The van der Waals surface area contributed by atoms with Gasteiger partial charge in [-0.05, 0) is 19.1 Å². The number of aromatic nitrogens is 4. The molecule has 3 rings (SSSR count). The standard InChI is InChI=1S/C14H11F2N5O4S/c1-7(22)8-4-3-5-9(15)11(8)20-26(23,24)13-18-12-10(16)6-17-14(25-2)21(12)19-13/h3-6,20H,1-2H3. The first-order valence-corrected chi connectivity index (χ1v) is 8.50. The van der Waals surface area contributed by atoms with Crippen molar-refractivity contribution in [2.24, 2.45) is 0 Å². The highest BCUT2D eigenvalue weighted by molar-refractivity contribution is 7.92. The maximum atomic E-state index is 14.0. The van der Waals surface area contributed by atoms with Crippen molar-refractivity contribution in [3.8, 4) is 6.01 Å². The number of hydrogen-bond donors (Lipinski definition) is 1. The molecule has 12 heteroatoms. The Morgan fingerprint density at radius 2 is 2.00 bits per heavy atom. The van der Waals surface area contributed by atoms with E-state index in [0.29, 0.717) is 0 Å². The number of benzene rings is 1. The van der Waals surface area contributed by atoms with E-state index in [1.807, 2.05) is 4.72 Å². The van der Waals surface area contributed by atoms with Gasteiger partial charge in [-0.25, -0.2) is 13.8 Å². The fraction of sp³-hybridized carbons (Fsp3) is 0.143. The van der Waals surface area contributed by atoms with E-state index in [0.717, 1.165) is 23.7 Å². The number of nitrogens with zero attached hydrogens (tertiary/aromatic N) is 4. The van der Waals surface area contributed by atoms with Crippen molar-refractivity contribution in [1.82, 2.24) is 19.6 Å². The van der Waals surface area contributed by atoms with Gasteiger partial charge < -0.3 is 4.74 Å². The zero-order valence-electron chi connectivity index (χ0n) is 13.4. The number of nitrogens with one attached hydrogen (secondary N) is 1. The maximum Gasteiger partial charge on any atom is 0.319 e. The molecule has 0 spiro atoms. The second-order valence-corrected chi connectivity index (χ2v) is 6.62. The molecule has 0 atom stereocenters. The molecule has 9 nitrogen and oxygen atoms in total. The van der Waals surface area contributed by atoms with Crippen LogP contribution < -0.4 is 9.46 Å². The average Bonchev–Trinajstić information content (AvgIpc) is 3.04. The second-order valence-electron chi connectivity index (χ2n) is 5.05. The Labute approximate surface area is 145 Å². The summed E-state index contributed by atoms with van der Waals surface area (Å²) in [5.41, 5.74) is -1.18. The molecule has 0 aliphatic carbocycles. The van der Waals surface area contributed by atoms with Gasteiger partial charge in [0.1, 0.15) is 5.82 Å². The number of fused-ring (bicyclic) bond motifs is 1. The molecule has 0 saturated heterocycles. The Morgan fingerprint density at radius 1 is 1.27 bits per heavy atom. The van der Waals surface area contributed by atoms with E-state index < -0.39 is 43.9 Å². The van der Waals surface area contributed by atoms with Crippen LogP contribution in [-0.4, -0.2) is 40.9 Å². The zero-order valence-corrected chi connectivity index (χ0v) is 14.2. The van der Waals surface area contributed by atoms with Gasteiger partial charge in [0.25, 0.3) is 15.2 Å². The number of sulfonamides is 1. The summed E-state index contributed by atoms with van der Waals surface area (Å²) in [6.07, 6.45) is 0.789. The number of hydrogen-bond acceptors (Lipinski definition) is 7. The predicted molar refractivity (Wildman–Crippen MR) is 84.5 cm³/mol. The lowest BCUT2D eigenvalue weighted by atomic mass is 10.1. The smallest absolute Gasteiger partial charge is 0.319 e. The van der Waals surface area contributed by atoms with Crippen molar-refractivity contribution in [2.75, 3.05) is 11.8 Å². The lowest BCUT2D eigenvalue weighted by molar-refractivity contribution is 0.101. The quantitative estimate of drug-likeness (QED) is 0.662. The third-order valence-electron chi connectivity index (χ3n) is 3.32. The molecule has 2 heterocycles. The molecule has 1 aromatic carbocycles. The molecule has 136 valence electrons. The van der Waals surface area contributed by atoms with Gasteiger partial charge in [-0.2, -0.15) is 17.9 Å². The number of anilines is 1. The lowest BCUT2D eigenvalue weighted by Crippen LogP contribution is -2.18. The molecular formula is C14H11F2N5O4S. The SMILES string of the molecule is COc1ncc(F)c2nc(S(=O)(=O)Nc3c(F)cccc3C(C)=O)nn12. The van der Waals surface area contributed by atoms with Gasteiger partial charge in [0.05, 0.1) is 19.0 Å². The summed E-state index contributed by atoms with van der Waals surface area (Å²) in [4.78, 5) is 18.8. The van der Waals surface area contributed by atoms with Crippen molar-refractivity contribution in [3.63, 3.8) is 0 Å². The van der Waals surface area contributed by atoms with Gasteiger partial charge in [-0.3, -0.25) is 9.52 Å². The minimum Gasteiger partial charge on any atom is -0.467 e. The summed E-state index contributed by atoms with van der Waals surface area (Å²) < 4.78 is 60.4. The first kappa shape index (κ1) is 17.7. The molecule has 0 aliphatic heterocycles. The van der Waals surface area contributed by atoms with Gasteiger partial charge in [0.15, 0.2) is 17.2 Å². The zero-order chi connectivity index (χ0) is 19.1. The van der Waals surface area contributed by atoms with Crippen molar-refractivity contribution in [2.45, 2.75) is 12.1 Å². The lowest BCUT2D eigenvalue weighted by Gasteiger charge is -2.09. The molecular weight excluding hydrogens is 372 g/mol. The van der Waals surface area contributed by atoms with E-state index in [9.17, 15) is 22.0 Å². The van der Waals surface area contributed by atoms with E-state index in [1.165, 1.54) is 19.2 Å². The molecule has 0 bridgehead atoms. The first-order chi connectivity index (χ1) is 12.2. The highest BCUT2D eigenvalue weighted by Crippen LogP contribution is 2.24. The van der Waals surface area contributed by atoms with Crippen LogP contribution >= 0.6 is 0 Å². The number of halogens is 2. The number of ketones is 1. The van der Waals surface area contributed by atoms with Crippen LogP contribution in [0.15, 0.2) is 29.6 Å². The number of ether oxygens (including phenoxy) is 1. The van der Waals surface area contributed by atoms with Crippen molar-refractivity contribution in [1.29, 1.82) is 0 Å². The van der Waals surface area contributed by atoms with Crippen molar-refractivity contribution in [3.05, 3.63) is 41.6 Å². The molecule has 3 aromatic rings. The second kappa shape index (κ2) is 6.29. The normalized spacial score (nSPS) is 11.5. The molecule has 0 unspecified atom stereocenters. The van der Waals surface area contributed by atoms with E-state index in [-0.39, 0.29) is 11.6 Å². The molecule has 0 amide bonds. The Bertz CT molecular complexity index is 1130. The van der Waals surface area contributed by atoms with Crippen molar-refractivity contribution >= 4 is 27.1 Å². The van der Waals surface area contributed by atoms with Crippen LogP contribution in [0.3, 0.4) is 0 Å². The fourth-order valence-corrected chi connectivity index (χ4v) is 3.12.